The third kappa shape index (κ3) is 1.75. The van der Waals surface area contributed by atoms with Gasteiger partial charge in [-0.25, -0.2) is 13.6 Å². The molecule has 0 fully saturated rings. The fourth-order valence-corrected chi connectivity index (χ4v) is 4.41. The molecule has 94 valence electrons. The second-order valence-electron chi connectivity index (χ2n) is 3.67. The van der Waals surface area contributed by atoms with Crippen molar-refractivity contribution in [1.82, 2.24) is 14.8 Å². The average Bonchev–Trinajstić information content (AvgIpc) is 2.87. The summed E-state index contributed by atoms with van der Waals surface area (Å²) in [6.45, 7) is 0. The van der Waals surface area contributed by atoms with Crippen LogP contribution in [-0.4, -0.2) is 23.2 Å². The molecule has 0 saturated heterocycles. The molecule has 3 heterocycles. The molecule has 18 heavy (non-hydrogen) atoms. The van der Waals surface area contributed by atoms with Gasteiger partial charge in [-0.05, 0) is 17.5 Å². The molecular formula is C9H8N4O2S3. The van der Waals surface area contributed by atoms with Crippen molar-refractivity contribution in [2.75, 3.05) is 0 Å². The van der Waals surface area contributed by atoms with Crippen LogP contribution >= 0.6 is 22.7 Å². The Morgan fingerprint density at radius 3 is 2.72 bits per heavy atom. The third-order valence-corrected chi connectivity index (χ3v) is 5.40. The van der Waals surface area contributed by atoms with Gasteiger partial charge in [0.2, 0.25) is 0 Å². The fraction of sp³-hybridized carbons (Fsp3) is 0.111. The summed E-state index contributed by atoms with van der Waals surface area (Å²) in [6, 6.07) is 3.99. The second kappa shape index (κ2) is 3.85. The van der Waals surface area contributed by atoms with Crippen LogP contribution in [0.5, 0.6) is 0 Å². The molecule has 0 bridgehead atoms. The molecule has 3 aromatic heterocycles. The largest absolute Gasteiger partial charge is 0.299 e. The van der Waals surface area contributed by atoms with Gasteiger partial charge in [-0.1, -0.05) is 0 Å². The minimum absolute atomic E-state index is 0.228. The topological polar surface area (TPSA) is 90.9 Å². The van der Waals surface area contributed by atoms with Crippen molar-refractivity contribution in [2.45, 2.75) is 5.16 Å². The standard InChI is InChI=1S/C9H8N4O2S3/c1-13-8(11-12-9(13)18(10,14)15)7-4-6-5(17-7)2-3-16-6/h2-4H,1H3,(H2,10,14,15). The first-order chi connectivity index (χ1) is 8.47. The Bertz CT molecular complexity index is 799. The molecule has 6 nitrogen and oxygen atoms in total. The second-order valence-corrected chi connectivity index (χ2v) is 7.16. The maximum Gasteiger partial charge on any atom is 0.273 e. The first-order valence-corrected chi connectivity index (χ1v) is 8.10. The Labute approximate surface area is 111 Å². The van der Waals surface area contributed by atoms with Crippen LogP contribution in [0.25, 0.3) is 20.1 Å². The van der Waals surface area contributed by atoms with Crippen molar-refractivity contribution in [1.29, 1.82) is 0 Å². The highest BCUT2D eigenvalue weighted by Gasteiger charge is 2.20. The van der Waals surface area contributed by atoms with Gasteiger partial charge >= 0.3 is 0 Å². The number of primary sulfonamides is 1. The van der Waals surface area contributed by atoms with Crippen LogP contribution in [0.15, 0.2) is 22.7 Å². The summed E-state index contributed by atoms with van der Waals surface area (Å²) in [5, 5.41) is 14.4. The number of nitrogens with zero attached hydrogens (tertiary/aromatic N) is 3. The molecule has 9 heteroatoms. The zero-order chi connectivity index (χ0) is 12.9. The van der Waals surface area contributed by atoms with E-state index in [1.165, 1.54) is 4.57 Å². The van der Waals surface area contributed by atoms with Crippen LogP contribution in [0, 0.1) is 0 Å². The van der Waals surface area contributed by atoms with E-state index in [0.29, 0.717) is 5.82 Å². The summed E-state index contributed by atoms with van der Waals surface area (Å²) < 4.78 is 26.3. The molecule has 0 aliphatic carbocycles. The van der Waals surface area contributed by atoms with Crippen LogP contribution in [0.1, 0.15) is 0 Å². The number of fused-ring (bicyclic) bond motifs is 1. The molecule has 0 aromatic carbocycles. The van der Waals surface area contributed by atoms with Crippen LogP contribution in [0.3, 0.4) is 0 Å². The Balaban J connectivity index is 2.19. The van der Waals surface area contributed by atoms with Gasteiger partial charge in [0.15, 0.2) is 5.82 Å². The van der Waals surface area contributed by atoms with E-state index in [-0.39, 0.29) is 5.16 Å². The molecule has 3 aromatic rings. The van der Waals surface area contributed by atoms with Crippen molar-refractivity contribution in [3.63, 3.8) is 0 Å². The molecule has 0 saturated carbocycles. The SMILES string of the molecule is Cn1c(-c2cc3sccc3s2)nnc1S(N)(=O)=O. The zero-order valence-electron chi connectivity index (χ0n) is 9.19. The molecular weight excluding hydrogens is 292 g/mol. The molecule has 0 aliphatic heterocycles. The number of thiophene rings is 2. The van der Waals surface area contributed by atoms with E-state index < -0.39 is 10.0 Å². The number of nitrogens with two attached hydrogens (primary N) is 1. The predicted octanol–water partition coefficient (Wildman–Crippen LogP) is 1.41. The number of hydrogen-bond donors (Lipinski definition) is 1. The summed E-state index contributed by atoms with van der Waals surface area (Å²) in [5.41, 5.74) is 0. The van der Waals surface area contributed by atoms with Gasteiger partial charge in [0, 0.05) is 16.4 Å². The quantitative estimate of drug-likeness (QED) is 0.774. The van der Waals surface area contributed by atoms with E-state index >= 15 is 0 Å². The molecule has 0 aliphatic rings. The Kier molecular flexibility index (Phi) is 2.52. The van der Waals surface area contributed by atoms with Gasteiger partial charge in [0.25, 0.3) is 15.2 Å². The highest BCUT2D eigenvalue weighted by molar-refractivity contribution is 7.89. The minimum atomic E-state index is -3.84. The van der Waals surface area contributed by atoms with Gasteiger partial charge in [-0.2, -0.15) is 0 Å². The Morgan fingerprint density at radius 1 is 1.33 bits per heavy atom. The molecule has 0 radical (unpaired) electrons. The van der Waals surface area contributed by atoms with E-state index in [0.717, 1.165) is 14.3 Å². The normalized spacial score (nSPS) is 12.3. The van der Waals surface area contributed by atoms with Crippen LogP contribution in [0.4, 0.5) is 0 Å². The molecule has 0 spiro atoms. The van der Waals surface area contributed by atoms with Crippen LogP contribution in [0.2, 0.25) is 0 Å². The van der Waals surface area contributed by atoms with Crippen molar-refractivity contribution >= 4 is 42.1 Å². The molecule has 0 atom stereocenters. The molecule has 3 rings (SSSR count). The lowest BCUT2D eigenvalue weighted by Gasteiger charge is -1.99. The lowest BCUT2D eigenvalue weighted by molar-refractivity contribution is 0.580. The zero-order valence-corrected chi connectivity index (χ0v) is 11.6. The van der Waals surface area contributed by atoms with Crippen molar-refractivity contribution in [3.05, 3.63) is 17.5 Å². The van der Waals surface area contributed by atoms with Crippen LogP contribution in [-0.2, 0) is 17.1 Å². The maximum atomic E-state index is 11.3. The smallest absolute Gasteiger partial charge is 0.273 e. The van der Waals surface area contributed by atoms with Crippen molar-refractivity contribution in [3.8, 4) is 10.7 Å². The van der Waals surface area contributed by atoms with E-state index in [9.17, 15) is 8.42 Å². The van der Waals surface area contributed by atoms with E-state index in [4.69, 9.17) is 5.14 Å². The van der Waals surface area contributed by atoms with Gasteiger partial charge in [-0.3, -0.25) is 4.57 Å². The maximum absolute atomic E-state index is 11.3. The van der Waals surface area contributed by atoms with Crippen molar-refractivity contribution < 1.29 is 8.42 Å². The van der Waals surface area contributed by atoms with E-state index in [1.54, 1.807) is 29.7 Å². The number of hydrogen-bond acceptors (Lipinski definition) is 6. The lowest BCUT2D eigenvalue weighted by atomic mass is 10.4. The summed E-state index contributed by atoms with van der Waals surface area (Å²) >= 11 is 3.18. The first kappa shape index (κ1) is 11.8. The average molecular weight is 300 g/mol. The van der Waals surface area contributed by atoms with Gasteiger partial charge in [0.1, 0.15) is 0 Å². The summed E-state index contributed by atoms with van der Waals surface area (Å²) in [5.74, 6) is 0.507. The number of aromatic nitrogens is 3. The fourth-order valence-electron chi connectivity index (χ4n) is 1.65. The molecule has 0 unspecified atom stereocenters. The predicted molar refractivity (Wildman–Crippen MR) is 71.1 cm³/mol. The monoisotopic (exact) mass is 300 g/mol. The van der Waals surface area contributed by atoms with Gasteiger partial charge in [0.05, 0.1) is 4.88 Å². The highest BCUT2D eigenvalue weighted by atomic mass is 32.2. The van der Waals surface area contributed by atoms with E-state index in [1.807, 2.05) is 17.5 Å². The third-order valence-electron chi connectivity index (χ3n) is 2.45. The number of rotatable bonds is 2. The van der Waals surface area contributed by atoms with E-state index in [2.05, 4.69) is 10.2 Å². The molecule has 2 N–H and O–H groups in total. The summed E-state index contributed by atoms with van der Waals surface area (Å²) in [7, 11) is -2.25. The van der Waals surface area contributed by atoms with Crippen LogP contribution < -0.4 is 5.14 Å². The van der Waals surface area contributed by atoms with Gasteiger partial charge in [-0.15, -0.1) is 32.9 Å². The molecule has 0 amide bonds. The van der Waals surface area contributed by atoms with Gasteiger partial charge < -0.3 is 0 Å². The lowest BCUT2D eigenvalue weighted by Crippen LogP contribution is -2.17. The Hall–Kier alpha value is -1.29. The Morgan fingerprint density at radius 2 is 2.11 bits per heavy atom. The summed E-state index contributed by atoms with van der Waals surface area (Å²) in [6.07, 6.45) is 0. The highest BCUT2D eigenvalue weighted by Crippen LogP contribution is 2.35. The minimum Gasteiger partial charge on any atom is -0.299 e. The first-order valence-electron chi connectivity index (χ1n) is 4.86. The summed E-state index contributed by atoms with van der Waals surface area (Å²) in [4.78, 5) is 0.877. The van der Waals surface area contributed by atoms with Crippen molar-refractivity contribution in [2.24, 2.45) is 12.2 Å². The number of sulfonamides is 1.